The van der Waals surface area contributed by atoms with Gasteiger partial charge in [0.2, 0.25) is 11.8 Å². The summed E-state index contributed by atoms with van der Waals surface area (Å²) in [5, 5.41) is 2.12. The number of halogens is 4. The topological polar surface area (TPSA) is 61.8 Å². The molecule has 1 saturated heterocycles. The smallest absolute Gasteiger partial charge is 0.326 e. The number of aliphatic imine (C=N–C) groups is 1. The number of carbonyl (C=O) groups is 2. The molecule has 1 aliphatic rings. The lowest BCUT2D eigenvalue weighted by Crippen LogP contribution is -2.34. The lowest BCUT2D eigenvalue weighted by molar-refractivity contribution is -0.137. The number of anilines is 1. The second-order valence-electron chi connectivity index (χ2n) is 7.15. The summed E-state index contributed by atoms with van der Waals surface area (Å²) in [6.07, 6.45) is -3.16. The second kappa shape index (κ2) is 10.2. The summed E-state index contributed by atoms with van der Waals surface area (Å²) in [4.78, 5) is 31.0. The minimum atomic E-state index is -4.50. The third-order valence-corrected chi connectivity index (χ3v) is 5.83. The third kappa shape index (κ3) is 6.09. The maximum Gasteiger partial charge on any atom is 0.416 e. The van der Waals surface area contributed by atoms with E-state index in [9.17, 15) is 27.2 Å². The molecule has 1 atom stereocenters. The fourth-order valence-corrected chi connectivity index (χ4v) is 4.21. The quantitative estimate of drug-likeness (QED) is 0.539. The van der Waals surface area contributed by atoms with Crippen LogP contribution in [0.5, 0.6) is 0 Å². The van der Waals surface area contributed by atoms with Crippen LogP contribution in [0.25, 0.3) is 0 Å². The van der Waals surface area contributed by atoms with Crippen LogP contribution in [0, 0.1) is 5.82 Å². The van der Waals surface area contributed by atoms with Crippen molar-refractivity contribution in [1.82, 2.24) is 4.90 Å². The molecule has 2 aromatic carbocycles. The van der Waals surface area contributed by atoms with Crippen LogP contribution in [-0.2, 0) is 15.8 Å². The Balaban J connectivity index is 1.77. The molecule has 2 amide bonds. The number of amidine groups is 1. The van der Waals surface area contributed by atoms with Gasteiger partial charge in [-0.25, -0.2) is 9.38 Å². The van der Waals surface area contributed by atoms with E-state index in [2.05, 4.69) is 10.3 Å². The van der Waals surface area contributed by atoms with Gasteiger partial charge in [-0.1, -0.05) is 31.2 Å². The molecule has 2 aromatic rings. The molecule has 0 saturated carbocycles. The molecule has 0 aliphatic carbocycles. The summed E-state index contributed by atoms with van der Waals surface area (Å²) in [6, 6.07) is 9.79. The predicted molar refractivity (Wildman–Crippen MR) is 116 cm³/mol. The highest BCUT2D eigenvalue weighted by Crippen LogP contribution is 2.35. The predicted octanol–water partition coefficient (Wildman–Crippen LogP) is 5.60. The third-order valence-electron chi connectivity index (χ3n) is 4.65. The first-order valence-electron chi connectivity index (χ1n) is 9.96. The maximum absolute atomic E-state index is 13.0. The van der Waals surface area contributed by atoms with Gasteiger partial charge in [-0.05, 0) is 48.9 Å². The van der Waals surface area contributed by atoms with Crippen molar-refractivity contribution in [3.63, 3.8) is 0 Å². The lowest BCUT2D eigenvalue weighted by atomic mass is 10.2. The van der Waals surface area contributed by atoms with Gasteiger partial charge in [0.05, 0.1) is 11.3 Å². The van der Waals surface area contributed by atoms with E-state index < -0.39 is 28.7 Å². The van der Waals surface area contributed by atoms with E-state index in [1.165, 1.54) is 41.3 Å². The van der Waals surface area contributed by atoms with Crippen LogP contribution in [0.3, 0.4) is 0 Å². The Hall–Kier alpha value is -2.88. The molecule has 32 heavy (non-hydrogen) atoms. The summed E-state index contributed by atoms with van der Waals surface area (Å²) in [7, 11) is 0. The van der Waals surface area contributed by atoms with Gasteiger partial charge in [-0.15, -0.1) is 0 Å². The van der Waals surface area contributed by atoms with Gasteiger partial charge in [-0.2, -0.15) is 13.2 Å². The molecule has 170 valence electrons. The number of hydrogen-bond acceptors (Lipinski definition) is 4. The fourth-order valence-electron chi connectivity index (χ4n) is 3.02. The Bertz CT molecular complexity index is 1010. The van der Waals surface area contributed by atoms with Crippen molar-refractivity contribution in [3.8, 4) is 0 Å². The number of thioether (sulfide) groups is 1. The molecule has 3 rings (SSSR count). The normalized spacial score (nSPS) is 17.8. The number of alkyl halides is 3. The van der Waals surface area contributed by atoms with Gasteiger partial charge in [0.1, 0.15) is 11.1 Å². The Morgan fingerprint density at radius 2 is 1.91 bits per heavy atom. The zero-order valence-electron chi connectivity index (χ0n) is 17.2. The van der Waals surface area contributed by atoms with Gasteiger partial charge in [0.25, 0.3) is 0 Å². The number of hydrogen-bond donors (Lipinski definition) is 1. The molecule has 0 spiro atoms. The standard InChI is InChI=1S/C22H21F4N3O2S/c1-2-3-11-29-20(31)18(13-19(30)27-16-9-7-15(23)8-10-16)32-21(29)28-17-6-4-5-14(12-17)22(24,25)26/h4-10,12,18H,2-3,11,13H2,1H3,(H,27,30)/t18-/m1/s1. The molecule has 1 fully saturated rings. The molecule has 1 heterocycles. The molecule has 0 bridgehead atoms. The van der Waals surface area contributed by atoms with E-state index >= 15 is 0 Å². The molecule has 0 aromatic heterocycles. The van der Waals surface area contributed by atoms with Crippen LogP contribution in [0.4, 0.5) is 28.9 Å². The fraction of sp³-hybridized carbons (Fsp3) is 0.318. The average Bonchev–Trinajstić information content (AvgIpc) is 3.01. The van der Waals surface area contributed by atoms with Crippen molar-refractivity contribution in [2.75, 3.05) is 11.9 Å². The van der Waals surface area contributed by atoms with E-state index in [4.69, 9.17) is 0 Å². The summed E-state index contributed by atoms with van der Waals surface area (Å²) >= 11 is 1.05. The largest absolute Gasteiger partial charge is 0.416 e. The van der Waals surface area contributed by atoms with Crippen molar-refractivity contribution in [1.29, 1.82) is 0 Å². The highest BCUT2D eigenvalue weighted by molar-refractivity contribution is 8.15. The summed E-state index contributed by atoms with van der Waals surface area (Å²) in [5.41, 5.74) is -0.357. The van der Waals surface area contributed by atoms with E-state index in [-0.39, 0.29) is 23.2 Å². The van der Waals surface area contributed by atoms with E-state index in [1.807, 2.05) is 6.92 Å². The number of nitrogens with zero attached hydrogens (tertiary/aromatic N) is 2. The molecule has 1 N–H and O–H groups in total. The van der Waals surface area contributed by atoms with Crippen molar-refractivity contribution < 1.29 is 27.2 Å². The van der Waals surface area contributed by atoms with E-state index in [1.54, 1.807) is 0 Å². The Labute approximate surface area is 186 Å². The number of unbranched alkanes of at least 4 members (excludes halogenated alkanes) is 1. The van der Waals surface area contributed by atoms with Crippen LogP contribution >= 0.6 is 11.8 Å². The van der Waals surface area contributed by atoms with Crippen LogP contribution in [0.2, 0.25) is 0 Å². The van der Waals surface area contributed by atoms with Crippen LogP contribution in [0.1, 0.15) is 31.7 Å². The molecule has 1 aliphatic heterocycles. The lowest BCUT2D eigenvalue weighted by Gasteiger charge is -2.16. The van der Waals surface area contributed by atoms with Gasteiger partial charge in [-0.3, -0.25) is 14.5 Å². The highest BCUT2D eigenvalue weighted by atomic mass is 32.2. The Morgan fingerprint density at radius 1 is 1.19 bits per heavy atom. The van der Waals surface area contributed by atoms with Gasteiger partial charge < -0.3 is 5.32 Å². The van der Waals surface area contributed by atoms with Crippen LogP contribution in [0.15, 0.2) is 53.5 Å². The molecule has 5 nitrogen and oxygen atoms in total. The first-order chi connectivity index (χ1) is 15.2. The first-order valence-corrected chi connectivity index (χ1v) is 10.8. The van der Waals surface area contributed by atoms with Gasteiger partial charge in [0.15, 0.2) is 5.17 Å². The molecular formula is C22H21F4N3O2S. The van der Waals surface area contributed by atoms with Crippen LogP contribution in [-0.4, -0.2) is 33.7 Å². The monoisotopic (exact) mass is 467 g/mol. The SMILES string of the molecule is CCCCN1C(=O)[C@@H](CC(=O)Nc2ccc(F)cc2)SC1=Nc1cccc(C(F)(F)F)c1. The molecule has 10 heteroatoms. The maximum atomic E-state index is 13.0. The Morgan fingerprint density at radius 3 is 2.56 bits per heavy atom. The zero-order valence-corrected chi connectivity index (χ0v) is 18.0. The van der Waals surface area contributed by atoms with E-state index in [0.29, 0.717) is 18.7 Å². The van der Waals surface area contributed by atoms with Crippen molar-refractivity contribution >= 4 is 40.1 Å². The molecule has 0 radical (unpaired) electrons. The average molecular weight is 467 g/mol. The number of amides is 2. The number of nitrogens with one attached hydrogen (secondary N) is 1. The number of benzene rings is 2. The van der Waals surface area contributed by atoms with Gasteiger partial charge in [0, 0.05) is 18.7 Å². The van der Waals surface area contributed by atoms with Crippen molar-refractivity contribution in [2.45, 2.75) is 37.6 Å². The van der Waals surface area contributed by atoms with Crippen molar-refractivity contribution in [2.24, 2.45) is 4.99 Å². The minimum Gasteiger partial charge on any atom is -0.326 e. The highest BCUT2D eigenvalue weighted by Gasteiger charge is 2.39. The Kier molecular flexibility index (Phi) is 7.55. The minimum absolute atomic E-state index is 0.0769. The zero-order chi connectivity index (χ0) is 23.3. The summed E-state index contributed by atoms with van der Waals surface area (Å²) in [5.74, 6) is -1.19. The second-order valence-corrected chi connectivity index (χ2v) is 8.32. The first kappa shape index (κ1) is 23.8. The van der Waals surface area contributed by atoms with Crippen molar-refractivity contribution in [3.05, 3.63) is 59.9 Å². The number of carbonyl (C=O) groups excluding carboxylic acids is 2. The molecular weight excluding hydrogens is 446 g/mol. The summed E-state index contributed by atoms with van der Waals surface area (Å²) in [6.45, 7) is 2.31. The van der Waals surface area contributed by atoms with Crippen LogP contribution < -0.4 is 5.32 Å². The van der Waals surface area contributed by atoms with Gasteiger partial charge >= 0.3 is 6.18 Å². The summed E-state index contributed by atoms with van der Waals surface area (Å²) < 4.78 is 52.0. The molecule has 0 unspecified atom stereocenters. The number of rotatable bonds is 7. The van der Waals surface area contributed by atoms with E-state index in [0.717, 1.165) is 30.3 Å².